The van der Waals surface area contributed by atoms with Crippen molar-refractivity contribution in [3.63, 3.8) is 0 Å². The summed E-state index contributed by atoms with van der Waals surface area (Å²) in [5, 5.41) is 9.49. The Morgan fingerprint density at radius 3 is 2.61 bits per heavy atom. The molecule has 0 bridgehead atoms. The molecule has 0 aliphatic carbocycles. The van der Waals surface area contributed by atoms with Crippen molar-refractivity contribution >= 4 is 17.5 Å². The van der Waals surface area contributed by atoms with Gasteiger partial charge in [-0.3, -0.25) is 4.79 Å². The van der Waals surface area contributed by atoms with E-state index in [0.29, 0.717) is 18.7 Å². The molecule has 1 aromatic carbocycles. The van der Waals surface area contributed by atoms with Crippen LogP contribution in [0.25, 0.3) is 0 Å². The van der Waals surface area contributed by atoms with Crippen LogP contribution in [0.1, 0.15) is 24.2 Å². The Bertz CT molecular complexity index is 447. The SMILES string of the molecule is CN(CC(C)(C)CN)C(=O)c1ccc(O)c(Cl)c1. The third-order valence-corrected chi connectivity index (χ3v) is 3.06. The van der Waals surface area contributed by atoms with Crippen LogP contribution in [0.4, 0.5) is 0 Å². The minimum absolute atomic E-state index is 0.0295. The molecule has 0 unspecified atom stereocenters. The van der Waals surface area contributed by atoms with Crippen LogP contribution in [0.2, 0.25) is 5.02 Å². The number of phenols is 1. The van der Waals surface area contributed by atoms with Crippen LogP contribution in [0.3, 0.4) is 0 Å². The molecule has 0 saturated heterocycles. The number of amides is 1. The molecule has 0 atom stereocenters. The number of carbonyl (C=O) groups is 1. The van der Waals surface area contributed by atoms with Gasteiger partial charge in [-0.25, -0.2) is 0 Å². The Labute approximate surface area is 112 Å². The molecule has 1 rings (SSSR count). The molecule has 0 saturated carbocycles. The molecule has 0 aromatic heterocycles. The van der Waals surface area contributed by atoms with Gasteiger partial charge in [-0.1, -0.05) is 25.4 Å². The zero-order valence-electron chi connectivity index (χ0n) is 10.9. The highest BCUT2D eigenvalue weighted by Crippen LogP contribution is 2.24. The van der Waals surface area contributed by atoms with Crippen molar-refractivity contribution in [1.29, 1.82) is 0 Å². The van der Waals surface area contributed by atoms with Crippen molar-refractivity contribution in [1.82, 2.24) is 4.90 Å². The van der Waals surface area contributed by atoms with E-state index in [1.54, 1.807) is 18.0 Å². The number of rotatable bonds is 4. The molecule has 0 heterocycles. The number of aromatic hydroxyl groups is 1. The summed E-state index contributed by atoms with van der Waals surface area (Å²) in [6.07, 6.45) is 0. The van der Waals surface area contributed by atoms with Gasteiger partial charge in [0.1, 0.15) is 5.75 Å². The summed E-state index contributed by atoms with van der Waals surface area (Å²) in [5.74, 6) is -0.170. The van der Waals surface area contributed by atoms with E-state index in [2.05, 4.69) is 0 Å². The normalized spacial score (nSPS) is 11.4. The maximum atomic E-state index is 12.1. The second kappa shape index (κ2) is 5.59. The van der Waals surface area contributed by atoms with Crippen molar-refractivity contribution in [3.8, 4) is 5.75 Å². The number of carbonyl (C=O) groups excluding carboxylic acids is 1. The molecule has 100 valence electrons. The number of phenolic OH excluding ortho intramolecular Hbond substituents is 1. The Morgan fingerprint density at radius 1 is 1.50 bits per heavy atom. The van der Waals surface area contributed by atoms with E-state index >= 15 is 0 Å². The molecule has 0 spiro atoms. The van der Waals surface area contributed by atoms with Gasteiger partial charge >= 0.3 is 0 Å². The van der Waals surface area contributed by atoms with Crippen molar-refractivity contribution in [2.45, 2.75) is 13.8 Å². The summed E-state index contributed by atoms with van der Waals surface area (Å²) in [5.41, 5.74) is 5.96. The lowest BCUT2D eigenvalue weighted by atomic mass is 9.93. The van der Waals surface area contributed by atoms with Gasteiger partial charge in [0.15, 0.2) is 0 Å². The predicted octanol–water partition coefficient (Wildman–Crippen LogP) is 2.10. The molecule has 3 N–H and O–H groups in total. The molecule has 18 heavy (non-hydrogen) atoms. The number of nitrogens with zero attached hydrogens (tertiary/aromatic N) is 1. The van der Waals surface area contributed by atoms with Gasteiger partial charge in [0.05, 0.1) is 5.02 Å². The lowest BCUT2D eigenvalue weighted by Gasteiger charge is -2.29. The minimum Gasteiger partial charge on any atom is -0.506 e. The molecule has 0 fully saturated rings. The summed E-state index contributed by atoms with van der Waals surface area (Å²) in [7, 11) is 1.72. The molecule has 0 aliphatic rings. The van der Waals surface area contributed by atoms with Crippen LogP contribution >= 0.6 is 11.6 Å². The van der Waals surface area contributed by atoms with Gasteiger partial charge in [0.2, 0.25) is 0 Å². The Morgan fingerprint density at radius 2 is 2.11 bits per heavy atom. The van der Waals surface area contributed by atoms with Crippen molar-refractivity contribution in [2.24, 2.45) is 11.1 Å². The van der Waals surface area contributed by atoms with Gasteiger partial charge in [-0.2, -0.15) is 0 Å². The highest BCUT2D eigenvalue weighted by molar-refractivity contribution is 6.32. The van der Waals surface area contributed by atoms with E-state index < -0.39 is 0 Å². The van der Waals surface area contributed by atoms with Crippen LogP contribution < -0.4 is 5.73 Å². The first-order valence-electron chi connectivity index (χ1n) is 5.71. The van der Waals surface area contributed by atoms with Crippen molar-refractivity contribution in [3.05, 3.63) is 28.8 Å². The second-order valence-corrected chi connectivity index (χ2v) is 5.60. The van der Waals surface area contributed by atoms with E-state index in [0.717, 1.165) is 0 Å². The van der Waals surface area contributed by atoms with Crippen LogP contribution in [-0.4, -0.2) is 36.1 Å². The van der Waals surface area contributed by atoms with Gasteiger partial charge in [0, 0.05) is 19.2 Å². The fraction of sp³-hybridized carbons (Fsp3) is 0.462. The lowest BCUT2D eigenvalue weighted by molar-refractivity contribution is 0.0740. The third-order valence-electron chi connectivity index (χ3n) is 2.76. The van der Waals surface area contributed by atoms with Gasteiger partial charge in [-0.05, 0) is 30.2 Å². The third kappa shape index (κ3) is 3.62. The summed E-state index contributed by atoms with van der Waals surface area (Å²) in [6.45, 7) is 5.06. The van der Waals surface area contributed by atoms with Gasteiger partial charge in [-0.15, -0.1) is 0 Å². The van der Waals surface area contributed by atoms with E-state index in [-0.39, 0.29) is 22.1 Å². The zero-order chi connectivity index (χ0) is 13.9. The first-order valence-corrected chi connectivity index (χ1v) is 6.09. The van der Waals surface area contributed by atoms with Crippen LogP contribution in [0.15, 0.2) is 18.2 Å². The monoisotopic (exact) mass is 270 g/mol. The molecule has 1 aromatic rings. The zero-order valence-corrected chi connectivity index (χ0v) is 11.7. The Balaban J connectivity index is 2.83. The molecule has 4 nitrogen and oxygen atoms in total. The number of nitrogens with two attached hydrogens (primary N) is 1. The maximum absolute atomic E-state index is 12.1. The minimum atomic E-state index is -0.140. The topological polar surface area (TPSA) is 66.6 Å². The molecular weight excluding hydrogens is 252 g/mol. The summed E-state index contributed by atoms with van der Waals surface area (Å²) < 4.78 is 0. The Hall–Kier alpha value is -1.26. The first kappa shape index (κ1) is 14.8. The summed E-state index contributed by atoms with van der Waals surface area (Å²) >= 11 is 5.78. The lowest BCUT2D eigenvalue weighted by Crippen LogP contribution is -2.39. The van der Waals surface area contributed by atoms with Gasteiger partial charge < -0.3 is 15.7 Å². The number of benzene rings is 1. The van der Waals surface area contributed by atoms with E-state index in [4.69, 9.17) is 17.3 Å². The second-order valence-electron chi connectivity index (χ2n) is 5.20. The quantitative estimate of drug-likeness (QED) is 0.881. The van der Waals surface area contributed by atoms with Crippen LogP contribution in [-0.2, 0) is 0 Å². The van der Waals surface area contributed by atoms with Crippen molar-refractivity contribution in [2.75, 3.05) is 20.1 Å². The summed E-state index contributed by atoms with van der Waals surface area (Å²) in [4.78, 5) is 13.8. The molecule has 5 heteroatoms. The highest BCUT2D eigenvalue weighted by atomic mass is 35.5. The number of halogens is 1. The molecule has 0 aliphatic heterocycles. The molecule has 1 amide bonds. The molecule has 0 radical (unpaired) electrons. The van der Waals surface area contributed by atoms with Crippen LogP contribution in [0, 0.1) is 5.41 Å². The van der Waals surface area contributed by atoms with Gasteiger partial charge in [0.25, 0.3) is 5.91 Å². The van der Waals surface area contributed by atoms with Crippen LogP contribution in [0.5, 0.6) is 5.75 Å². The Kier molecular flexibility index (Phi) is 4.59. The fourth-order valence-corrected chi connectivity index (χ4v) is 1.82. The average Bonchev–Trinajstić information content (AvgIpc) is 2.31. The number of hydrogen-bond donors (Lipinski definition) is 2. The van der Waals surface area contributed by atoms with Crippen molar-refractivity contribution < 1.29 is 9.90 Å². The summed E-state index contributed by atoms with van der Waals surface area (Å²) in [6, 6.07) is 4.43. The molecular formula is C13H19ClN2O2. The smallest absolute Gasteiger partial charge is 0.253 e. The number of hydrogen-bond acceptors (Lipinski definition) is 3. The van der Waals surface area contributed by atoms with E-state index in [1.165, 1.54) is 12.1 Å². The maximum Gasteiger partial charge on any atom is 0.253 e. The highest BCUT2D eigenvalue weighted by Gasteiger charge is 2.22. The fourth-order valence-electron chi connectivity index (χ4n) is 1.64. The first-order chi connectivity index (χ1) is 8.26. The largest absolute Gasteiger partial charge is 0.506 e. The van der Waals surface area contributed by atoms with E-state index in [1.807, 2.05) is 13.8 Å². The van der Waals surface area contributed by atoms with E-state index in [9.17, 15) is 9.90 Å². The average molecular weight is 271 g/mol. The standard InChI is InChI=1S/C13H19ClN2O2/c1-13(2,7-15)8-16(3)12(18)9-4-5-11(17)10(14)6-9/h4-6,17H,7-8,15H2,1-3H3. The predicted molar refractivity (Wildman–Crippen MR) is 72.9 cm³/mol.